The number of carbonyl (C=O) groups excluding carboxylic acids is 1. The fourth-order valence-electron chi connectivity index (χ4n) is 2.84. The fourth-order valence-corrected chi connectivity index (χ4v) is 2.84. The Kier molecular flexibility index (Phi) is 4.29. The molecular formula is C12H16ClN3O4. The molecule has 0 saturated carbocycles. The standard InChI is InChI=1S/C12H15N3O4.ClH/c16-12(10-1-2-11(19-10)15(17)18)14-8-7-13-5-3-9(14)4-6-13;/h1-2,9H,3-8H2;1H. The van der Waals surface area contributed by atoms with Crippen molar-refractivity contribution >= 4 is 24.2 Å². The van der Waals surface area contributed by atoms with E-state index in [1.807, 2.05) is 0 Å². The van der Waals surface area contributed by atoms with Crippen LogP contribution in [0.15, 0.2) is 16.5 Å². The molecule has 0 aliphatic carbocycles. The highest BCUT2D eigenvalue weighted by molar-refractivity contribution is 5.92. The summed E-state index contributed by atoms with van der Waals surface area (Å²) in [7, 11) is 0. The average Bonchev–Trinajstić information content (AvgIpc) is 2.72. The number of halogens is 1. The second kappa shape index (κ2) is 5.80. The molecule has 7 nitrogen and oxygen atoms in total. The van der Waals surface area contributed by atoms with E-state index < -0.39 is 4.92 Å². The highest BCUT2D eigenvalue weighted by Gasteiger charge is 2.33. The van der Waals surface area contributed by atoms with Crippen LogP contribution in [0.3, 0.4) is 0 Å². The van der Waals surface area contributed by atoms with Crippen molar-refractivity contribution in [3.05, 3.63) is 28.0 Å². The lowest BCUT2D eigenvalue weighted by Crippen LogP contribution is -2.41. The van der Waals surface area contributed by atoms with Gasteiger partial charge in [0.15, 0.2) is 5.76 Å². The van der Waals surface area contributed by atoms with Crippen molar-refractivity contribution in [1.29, 1.82) is 0 Å². The molecule has 0 unspecified atom stereocenters. The smallest absolute Gasteiger partial charge is 0.395 e. The van der Waals surface area contributed by atoms with Gasteiger partial charge in [-0.25, -0.2) is 0 Å². The normalized spacial score (nSPS) is 24.9. The molecule has 4 heterocycles. The summed E-state index contributed by atoms with van der Waals surface area (Å²) in [4.78, 5) is 26.5. The van der Waals surface area contributed by atoms with Gasteiger partial charge in [0.05, 0.1) is 6.07 Å². The molecule has 3 aliphatic rings. The lowest BCUT2D eigenvalue weighted by atomic mass is 10.1. The van der Waals surface area contributed by atoms with Crippen molar-refractivity contribution in [2.75, 3.05) is 26.2 Å². The number of rotatable bonds is 2. The van der Waals surface area contributed by atoms with E-state index in [1.165, 1.54) is 12.1 Å². The maximum absolute atomic E-state index is 12.4. The van der Waals surface area contributed by atoms with E-state index in [9.17, 15) is 14.9 Å². The van der Waals surface area contributed by atoms with Crippen LogP contribution in [0.2, 0.25) is 0 Å². The monoisotopic (exact) mass is 301 g/mol. The second-order valence-electron chi connectivity index (χ2n) is 4.97. The lowest BCUT2D eigenvalue weighted by molar-refractivity contribution is -0.402. The number of nitrogens with zero attached hydrogens (tertiary/aromatic N) is 3. The number of hydrogen-bond donors (Lipinski definition) is 0. The number of nitro groups is 1. The summed E-state index contributed by atoms with van der Waals surface area (Å²) in [6.07, 6.45) is 1.93. The zero-order chi connectivity index (χ0) is 13.4. The third-order valence-electron chi connectivity index (χ3n) is 3.90. The molecule has 4 rings (SSSR count). The van der Waals surface area contributed by atoms with Gasteiger partial charge in [-0.1, -0.05) is 0 Å². The van der Waals surface area contributed by atoms with Gasteiger partial charge in [0.25, 0.3) is 5.91 Å². The summed E-state index contributed by atoms with van der Waals surface area (Å²) in [6, 6.07) is 2.85. The molecule has 3 aliphatic heterocycles. The number of hydrogen-bond acceptors (Lipinski definition) is 5. The molecule has 1 aromatic rings. The molecule has 0 atom stereocenters. The summed E-state index contributed by atoms with van der Waals surface area (Å²) >= 11 is 0. The van der Waals surface area contributed by atoms with Crippen LogP contribution in [0, 0.1) is 10.1 Å². The zero-order valence-electron chi connectivity index (χ0n) is 10.9. The lowest BCUT2D eigenvalue weighted by Gasteiger charge is -2.30. The van der Waals surface area contributed by atoms with E-state index in [-0.39, 0.29) is 36.0 Å². The van der Waals surface area contributed by atoms with E-state index in [2.05, 4.69) is 4.90 Å². The quantitative estimate of drug-likeness (QED) is 0.611. The molecule has 1 amide bonds. The number of fused-ring (bicyclic) bond motifs is 4. The molecule has 0 spiro atoms. The first-order chi connectivity index (χ1) is 9.15. The molecule has 20 heavy (non-hydrogen) atoms. The highest BCUT2D eigenvalue weighted by Crippen LogP contribution is 2.24. The van der Waals surface area contributed by atoms with Gasteiger partial charge in [-0.15, -0.1) is 12.4 Å². The van der Waals surface area contributed by atoms with E-state index in [0.29, 0.717) is 6.54 Å². The summed E-state index contributed by atoms with van der Waals surface area (Å²) in [6.45, 7) is 3.57. The van der Waals surface area contributed by atoms with Crippen molar-refractivity contribution in [1.82, 2.24) is 9.80 Å². The summed E-state index contributed by atoms with van der Waals surface area (Å²) in [5, 5.41) is 10.6. The Morgan fingerprint density at radius 1 is 1.25 bits per heavy atom. The Hall–Kier alpha value is -1.60. The zero-order valence-corrected chi connectivity index (χ0v) is 11.7. The van der Waals surface area contributed by atoms with Crippen LogP contribution in [0.4, 0.5) is 5.88 Å². The minimum absolute atomic E-state index is 0. The Balaban J connectivity index is 0.00000147. The first-order valence-electron chi connectivity index (χ1n) is 6.43. The number of carbonyl (C=O) groups is 1. The topological polar surface area (TPSA) is 79.8 Å². The Morgan fingerprint density at radius 2 is 1.95 bits per heavy atom. The van der Waals surface area contributed by atoms with E-state index in [4.69, 9.17) is 4.42 Å². The molecule has 3 saturated heterocycles. The largest absolute Gasteiger partial charge is 0.433 e. The molecule has 0 radical (unpaired) electrons. The maximum atomic E-state index is 12.4. The molecular weight excluding hydrogens is 286 g/mol. The van der Waals surface area contributed by atoms with Crippen LogP contribution in [0.1, 0.15) is 23.4 Å². The van der Waals surface area contributed by atoms with Gasteiger partial charge in [-0.2, -0.15) is 0 Å². The minimum Gasteiger partial charge on any atom is -0.395 e. The second-order valence-corrected chi connectivity index (χ2v) is 4.97. The van der Waals surface area contributed by atoms with Crippen LogP contribution in [0.5, 0.6) is 0 Å². The van der Waals surface area contributed by atoms with Crippen molar-refractivity contribution in [3.63, 3.8) is 0 Å². The van der Waals surface area contributed by atoms with Gasteiger partial charge in [0.2, 0.25) is 0 Å². The molecule has 3 fully saturated rings. The predicted molar refractivity (Wildman–Crippen MR) is 73.1 cm³/mol. The Labute approximate surface area is 122 Å². The summed E-state index contributed by atoms with van der Waals surface area (Å²) in [5.74, 6) is -0.555. The molecule has 0 aromatic carbocycles. The first kappa shape index (κ1) is 14.8. The molecule has 0 N–H and O–H groups in total. The molecule has 110 valence electrons. The van der Waals surface area contributed by atoms with Crippen molar-refractivity contribution in [3.8, 4) is 0 Å². The third-order valence-corrected chi connectivity index (χ3v) is 3.90. The highest BCUT2D eigenvalue weighted by atomic mass is 35.5. The number of amides is 1. The van der Waals surface area contributed by atoms with Gasteiger partial charge in [0, 0.05) is 32.2 Å². The average molecular weight is 302 g/mol. The maximum Gasteiger partial charge on any atom is 0.433 e. The van der Waals surface area contributed by atoms with E-state index >= 15 is 0 Å². The van der Waals surface area contributed by atoms with Gasteiger partial charge in [-0.05, 0) is 18.9 Å². The summed E-state index contributed by atoms with van der Waals surface area (Å²) < 4.78 is 5.00. The van der Waals surface area contributed by atoms with Gasteiger partial charge < -0.3 is 14.2 Å². The van der Waals surface area contributed by atoms with Crippen LogP contribution in [-0.4, -0.2) is 52.9 Å². The van der Waals surface area contributed by atoms with Crippen LogP contribution in [0.25, 0.3) is 0 Å². The molecule has 1 aromatic heterocycles. The van der Waals surface area contributed by atoms with E-state index in [1.54, 1.807) is 4.90 Å². The molecule has 8 heteroatoms. The number of furan rings is 1. The SMILES string of the molecule is Cl.O=C(c1ccc([N+](=O)[O-])o1)N1CCN2CCC1CC2. The Morgan fingerprint density at radius 3 is 2.55 bits per heavy atom. The Bertz CT molecular complexity index is 511. The van der Waals surface area contributed by atoms with Crippen LogP contribution in [-0.2, 0) is 0 Å². The van der Waals surface area contributed by atoms with Crippen molar-refractivity contribution in [2.45, 2.75) is 18.9 Å². The number of piperidine rings is 1. The molecule has 2 bridgehead atoms. The van der Waals surface area contributed by atoms with Crippen LogP contribution >= 0.6 is 12.4 Å². The predicted octanol–water partition coefficient (Wildman–Crippen LogP) is 1.53. The third kappa shape index (κ3) is 2.64. The van der Waals surface area contributed by atoms with Crippen molar-refractivity contribution < 1.29 is 14.1 Å². The van der Waals surface area contributed by atoms with Crippen molar-refractivity contribution in [2.24, 2.45) is 0 Å². The van der Waals surface area contributed by atoms with Gasteiger partial charge in [-0.3, -0.25) is 14.9 Å². The van der Waals surface area contributed by atoms with E-state index in [0.717, 1.165) is 32.5 Å². The fraction of sp³-hybridized carbons (Fsp3) is 0.583. The van der Waals surface area contributed by atoms with Gasteiger partial charge in [0.1, 0.15) is 4.92 Å². The minimum atomic E-state index is -0.628. The van der Waals surface area contributed by atoms with Crippen LogP contribution < -0.4 is 0 Å². The van der Waals surface area contributed by atoms with Gasteiger partial charge >= 0.3 is 5.88 Å². The summed E-state index contributed by atoms with van der Waals surface area (Å²) in [5.41, 5.74) is 0. The first-order valence-corrected chi connectivity index (χ1v) is 6.43.